The van der Waals surface area contributed by atoms with Gasteiger partial charge in [0.2, 0.25) is 0 Å². The molecule has 1 saturated carbocycles. The molecule has 0 radical (unpaired) electrons. The first-order chi connectivity index (χ1) is 6.16. The number of hydrogen-bond donors (Lipinski definition) is 0. The molecule has 1 heterocycles. The highest BCUT2D eigenvalue weighted by Crippen LogP contribution is 2.31. The number of piperazine rings is 1. The average Bonchev–Trinajstić information content (AvgIpc) is 2.84. The highest BCUT2D eigenvalue weighted by Gasteiger charge is 2.31. The van der Waals surface area contributed by atoms with E-state index in [4.69, 9.17) is 0 Å². The van der Waals surface area contributed by atoms with Crippen LogP contribution in [0.5, 0.6) is 0 Å². The molecule has 0 unspecified atom stereocenters. The van der Waals surface area contributed by atoms with Crippen molar-refractivity contribution in [3.05, 3.63) is 0 Å². The van der Waals surface area contributed by atoms with Gasteiger partial charge in [-0.3, -0.25) is 4.90 Å². The Labute approximate surface area is 81.9 Å². The van der Waals surface area contributed by atoms with E-state index in [-0.39, 0.29) is 0 Å². The minimum absolute atomic E-state index is 0.745. The van der Waals surface area contributed by atoms with Crippen LogP contribution in [0.3, 0.4) is 0 Å². The first-order valence-electron chi connectivity index (χ1n) is 5.61. The van der Waals surface area contributed by atoms with E-state index in [9.17, 15) is 0 Å². The molecule has 1 saturated heterocycles. The molecule has 0 aromatic rings. The van der Waals surface area contributed by atoms with Crippen LogP contribution in [0.2, 0.25) is 0 Å². The van der Waals surface area contributed by atoms with E-state index in [1.807, 2.05) is 0 Å². The van der Waals surface area contributed by atoms with Crippen LogP contribution in [-0.4, -0.2) is 48.6 Å². The average molecular weight is 182 g/mol. The molecule has 0 aromatic carbocycles. The quantitative estimate of drug-likeness (QED) is 0.637. The molecule has 2 atom stereocenters. The monoisotopic (exact) mass is 182 g/mol. The van der Waals surface area contributed by atoms with Crippen LogP contribution in [0.15, 0.2) is 0 Å². The maximum Gasteiger partial charge on any atom is 0.0195 e. The van der Waals surface area contributed by atoms with Crippen LogP contribution in [0.1, 0.15) is 26.7 Å². The van der Waals surface area contributed by atoms with E-state index in [1.165, 1.54) is 32.5 Å². The molecule has 2 rings (SSSR count). The van der Waals surface area contributed by atoms with Gasteiger partial charge in [-0.05, 0) is 39.7 Å². The van der Waals surface area contributed by atoms with Gasteiger partial charge >= 0.3 is 0 Å². The number of likely N-dealkylation sites (N-methyl/N-ethyl adjacent to an activating group) is 1. The lowest BCUT2D eigenvalue weighted by molar-refractivity contribution is 0.0568. The summed E-state index contributed by atoms with van der Waals surface area (Å²) in [6, 6.07) is 1.51. The molecular weight excluding hydrogens is 160 g/mol. The summed E-state index contributed by atoms with van der Waals surface area (Å²) in [5, 5.41) is 0. The van der Waals surface area contributed by atoms with Crippen molar-refractivity contribution < 1.29 is 0 Å². The molecule has 1 aliphatic carbocycles. The summed E-state index contributed by atoms with van der Waals surface area (Å²) < 4.78 is 0. The van der Waals surface area contributed by atoms with E-state index in [1.54, 1.807) is 0 Å². The Balaban J connectivity index is 1.86. The number of hydrogen-bond acceptors (Lipinski definition) is 2. The Morgan fingerprint density at radius 2 is 1.77 bits per heavy atom. The van der Waals surface area contributed by atoms with Gasteiger partial charge in [-0.25, -0.2) is 0 Å². The highest BCUT2D eigenvalue weighted by atomic mass is 15.3. The van der Waals surface area contributed by atoms with Gasteiger partial charge in [0.25, 0.3) is 0 Å². The smallest absolute Gasteiger partial charge is 0.0195 e. The Kier molecular flexibility index (Phi) is 2.61. The predicted octanol–water partition coefficient (Wildman–Crippen LogP) is 1.42. The van der Waals surface area contributed by atoms with Crippen LogP contribution in [0, 0.1) is 5.92 Å². The molecule has 2 aliphatic rings. The molecule has 13 heavy (non-hydrogen) atoms. The molecule has 0 amide bonds. The molecule has 2 fully saturated rings. The zero-order chi connectivity index (χ0) is 9.42. The summed E-state index contributed by atoms with van der Waals surface area (Å²) in [7, 11) is 2.25. The third-order valence-electron chi connectivity index (χ3n) is 3.62. The van der Waals surface area contributed by atoms with Gasteiger partial charge in [0.15, 0.2) is 0 Å². The van der Waals surface area contributed by atoms with Crippen LogP contribution in [0.25, 0.3) is 0 Å². The van der Waals surface area contributed by atoms with E-state index in [0.717, 1.165) is 18.0 Å². The normalized spacial score (nSPS) is 38.1. The van der Waals surface area contributed by atoms with Gasteiger partial charge in [-0.15, -0.1) is 0 Å². The van der Waals surface area contributed by atoms with E-state index >= 15 is 0 Å². The van der Waals surface area contributed by atoms with Gasteiger partial charge in [-0.1, -0.05) is 0 Å². The van der Waals surface area contributed by atoms with Gasteiger partial charge in [0.1, 0.15) is 0 Å². The van der Waals surface area contributed by atoms with E-state index in [2.05, 4.69) is 30.7 Å². The van der Waals surface area contributed by atoms with Gasteiger partial charge in [0.05, 0.1) is 0 Å². The molecule has 0 aromatic heterocycles. The minimum Gasteiger partial charge on any atom is -0.301 e. The summed E-state index contributed by atoms with van der Waals surface area (Å²) in [5.41, 5.74) is 0. The predicted molar refractivity (Wildman–Crippen MR) is 55.9 cm³/mol. The SMILES string of the molecule is C[C@@H]1CN(C)[C@@H](C)CN1CC1CC1. The van der Waals surface area contributed by atoms with E-state index < -0.39 is 0 Å². The van der Waals surface area contributed by atoms with Crippen molar-refractivity contribution in [2.45, 2.75) is 38.8 Å². The second-order valence-electron chi connectivity index (χ2n) is 5.03. The highest BCUT2D eigenvalue weighted by molar-refractivity contribution is 4.86. The fourth-order valence-electron chi connectivity index (χ4n) is 2.26. The van der Waals surface area contributed by atoms with Crippen LogP contribution in [-0.2, 0) is 0 Å². The maximum atomic E-state index is 2.68. The summed E-state index contributed by atoms with van der Waals surface area (Å²) in [4.78, 5) is 5.16. The minimum atomic E-state index is 0.745. The first kappa shape index (κ1) is 9.47. The second-order valence-corrected chi connectivity index (χ2v) is 5.03. The molecule has 2 heteroatoms. The van der Waals surface area contributed by atoms with Crippen molar-refractivity contribution in [3.63, 3.8) is 0 Å². The third kappa shape index (κ3) is 2.23. The van der Waals surface area contributed by atoms with Crippen molar-refractivity contribution in [1.82, 2.24) is 9.80 Å². The summed E-state index contributed by atoms with van der Waals surface area (Å²) in [6.45, 7) is 8.58. The topological polar surface area (TPSA) is 6.48 Å². The van der Waals surface area contributed by atoms with Crippen molar-refractivity contribution >= 4 is 0 Å². The largest absolute Gasteiger partial charge is 0.301 e. The Morgan fingerprint density at radius 1 is 1.08 bits per heavy atom. The van der Waals surface area contributed by atoms with Crippen LogP contribution in [0.4, 0.5) is 0 Å². The molecule has 1 aliphatic heterocycles. The Bertz CT molecular complexity index is 177. The molecule has 0 spiro atoms. The zero-order valence-corrected chi connectivity index (χ0v) is 9.16. The lowest BCUT2D eigenvalue weighted by Crippen LogP contribution is -2.55. The molecular formula is C11H22N2. The Hall–Kier alpha value is -0.0800. The standard InChI is InChI=1S/C11H22N2/c1-9-7-13(8-11-4-5-11)10(2)6-12(9)3/h9-11H,4-8H2,1-3H3/t9-,10+/m0/s1. The summed E-state index contributed by atoms with van der Waals surface area (Å²) in [5.74, 6) is 1.04. The van der Waals surface area contributed by atoms with Crippen molar-refractivity contribution in [1.29, 1.82) is 0 Å². The van der Waals surface area contributed by atoms with Crippen molar-refractivity contribution in [2.75, 3.05) is 26.7 Å². The number of nitrogens with zero attached hydrogens (tertiary/aromatic N) is 2. The third-order valence-corrected chi connectivity index (χ3v) is 3.62. The summed E-state index contributed by atoms with van der Waals surface area (Å²) in [6.07, 6.45) is 2.96. The number of rotatable bonds is 2. The van der Waals surface area contributed by atoms with Crippen molar-refractivity contribution in [3.8, 4) is 0 Å². The summed E-state index contributed by atoms with van der Waals surface area (Å²) >= 11 is 0. The maximum absolute atomic E-state index is 2.68. The van der Waals surface area contributed by atoms with Crippen LogP contribution < -0.4 is 0 Å². The van der Waals surface area contributed by atoms with E-state index in [0.29, 0.717) is 0 Å². The molecule has 0 N–H and O–H groups in total. The molecule has 2 nitrogen and oxygen atoms in total. The van der Waals surface area contributed by atoms with Crippen LogP contribution >= 0.6 is 0 Å². The Morgan fingerprint density at radius 3 is 2.38 bits per heavy atom. The van der Waals surface area contributed by atoms with Gasteiger partial charge in [0, 0.05) is 31.7 Å². The molecule has 0 bridgehead atoms. The van der Waals surface area contributed by atoms with Crippen molar-refractivity contribution in [2.24, 2.45) is 5.92 Å². The van der Waals surface area contributed by atoms with Gasteiger partial charge < -0.3 is 4.90 Å². The zero-order valence-electron chi connectivity index (χ0n) is 9.16. The fraction of sp³-hybridized carbons (Fsp3) is 1.00. The lowest BCUT2D eigenvalue weighted by Gasteiger charge is -2.42. The lowest BCUT2D eigenvalue weighted by atomic mass is 10.1. The fourth-order valence-corrected chi connectivity index (χ4v) is 2.26. The van der Waals surface area contributed by atoms with Gasteiger partial charge in [-0.2, -0.15) is 0 Å². The molecule has 76 valence electrons. The second kappa shape index (κ2) is 3.58. The first-order valence-corrected chi connectivity index (χ1v) is 5.61.